The van der Waals surface area contributed by atoms with E-state index >= 15 is 0 Å². The van der Waals surface area contributed by atoms with Crippen molar-refractivity contribution < 1.29 is 9.59 Å². The Morgan fingerprint density at radius 3 is 2.89 bits per heavy atom. The summed E-state index contributed by atoms with van der Waals surface area (Å²) in [4.78, 5) is 22.5. The van der Waals surface area contributed by atoms with Gasteiger partial charge in [0.15, 0.2) is 6.29 Å². The summed E-state index contributed by atoms with van der Waals surface area (Å²) < 4.78 is 1.66. The van der Waals surface area contributed by atoms with Crippen LogP contribution in [0.4, 0.5) is 0 Å². The molecule has 5 heteroatoms. The minimum absolute atomic E-state index is 0.0452. The summed E-state index contributed by atoms with van der Waals surface area (Å²) in [6.07, 6.45) is 1.44. The summed E-state index contributed by atoms with van der Waals surface area (Å²) >= 11 is 0. The van der Waals surface area contributed by atoms with E-state index in [0.29, 0.717) is 24.2 Å². The predicted octanol–water partition coefficient (Wildman–Crippen LogP) is 1.22. The molecule has 0 fully saturated rings. The minimum atomic E-state index is -0.176. The van der Waals surface area contributed by atoms with Gasteiger partial charge in [-0.1, -0.05) is 30.3 Å². The molecular formula is C14H13N3O2. The summed E-state index contributed by atoms with van der Waals surface area (Å²) in [6.45, 7) is 0.528. The minimum Gasteiger partial charge on any atom is -0.349 e. The smallest absolute Gasteiger partial charge is 0.269 e. The van der Waals surface area contributed by atoms with Crippen molar-refractivity contribution in [2.45, 2.75) is 12.5 Å². The first kappa shape index (κ1) is 11.6. The monoisotopic (exact) mass is 255 g/mol. The van der Waals surface area contributed by atoms with Crippen molar-refractivity contribution in [1.82, 2.24) is 15.1 Å². The van der Waals surface area contributed by atoms with Gasteiger partial charge in [0.2, 0.25) is 0 Å². The number of aldehydes is 1. The lowest BCUT2D eigenvalue weighted by Gasteiger charge is -2.24. The molecule has 3 rings (SSSR count). The molecule has 0 aliphatic carbocycles. The molecule has 1 aromatic heterocycles. The average Bonchev–Trinajstić information content (AvgIpc) is 2.88. The number of carbonyl (C=O) groups excluding carboxylic acids is 2. The molecule has 5 nitrogen and oxygen atoms in total. The number of nitrogens with one attached hydrogen (secondary N) is 1. The van der Waals surface area contributed by atoms with E-state index < -0.39 is 0 Å². The van der Waals surface area contributed by atoms with Gasteiger partial charge < -0.3 is 5.32 Å². The van der Waals surface area contributed by atoms with Crippen LogP contribution in [0.1, 0.15) is 32.6 Å². The molecule has 1 aliphatic rings. The lowest BCUT2D eigenvalue weighted by atomic mass is 10.0. The predicted molar refractivity (Wildman–Crippen MR) is 69.1 cm³/mol. The van der Waals surface area contributed by atoms with Gasteiger partial charge >= 0.3 is 0 Å². The maximum atomic E-state index is 11.7. The van der Waals surface area contributed by atoms with Crippen LogP contribution < -0.4 is 5.32 Å². The van der Waals surface area contributed by atoms with Crippen LogP contribution in [0.15, 0.2) is 36.4 Å². The van der Waals surface area contributed by atoms with Crippen molar-refractivity contribution in [2.75, 3.05) is 6.54 Å². The Balaban J connectivity index is 1.92. The lowest BCUT2D eigenvalue weighted by molar-refractivity contribution is 0.0908. The van der Waals surface area contributed by atoms with Crippen molar-refractivity contribution in [1.29, 1.82) is 0 Å². The zero-order valence-corrected chi connectivity index (χ0v) is 10.2. The quantitative estimate of drug-likeness (QED) is 0.839. The Morgan fingerprint density at radius 2 is 2.16 bits per heavy atom. The standard InChI is InChI=1S/C14H13N3O2/c18-9-11-7-13-14(19)15-8-12(17(13)16-11)6-10-4-2-1-3-5-10/h1-5,7,9,12H,6,8H2,(H,15,19). The first-order chi connectivity index (χ1) is 9.28. The van der Waals surface area contributed by atoms with E-state index in [9.17, 15) is 9.59 Å². The normalized spacial score (nSPS) is 17.7. The number of aromatic nitrogens is 2. The Bertz CT molecular complexity index is 619. The largest absolute Gasteiger partial charge is 0.349 e. The van der Waals surface area contributed by atoms with Crippen LogP contribution in [-0.2, 0) is 6.42 Å². The zero-order valence-electron chi connectivity index (χ0n) is 10.2. The highest BCUT2D eigenvalue weighted by Crippen LogP contribution is 2.20. The molecule has 1 N–H and O–H groups in total. The second kappa shape index (κ2) is 4.68. The van der Waals surface area contributed by atoms with Gasteiger partial charge in [0.25, 0.3) is 5.91 Å². The van der Waals surface area contributed by atoms with E-state index in [4.69, 9.17) is 0 Å². The Hall–Kier alpha value is -2.43. The van der Waals surface area contributed by atoms with Crippen LogP contribution in [0, 0.1) is 0 Å². The van der Waals surface area contributed by atoms with E-state index in [2.05, 4.69) is 10.4 Å². The second-order valence-corrected chi connectivity index (χ2v) is 4.57. The van der Waals surface area contributed by atoms with Gasteiger partial charge in [0.1, 0.15) is 11.4 Å². The van der Waals surface area contributed by atoms with Crippen molar-refractivity contribution in [3.8, 4) is 0 Å². The number of amides is 1. The van der Waals surface area contributed by atoms with Crippen molar-refractivity contribution in [2.24, 2.45) is 0 Å². The Labute approximate surface area is 110 Å². The Kier molecular flexibility index (Phi) is 2.87. The molecule has 0 bridgehead atoms. The van der Waals surface area contributed by atoms with Crippen LogP contribution in [0.5, 0.6) is 0 Å². The van der Waals surface area contributed by atoms with E-state index in [-0.39, 0.29) is 11.9 Å². The van der Waals surface area contributed by atoms with E-state index in [1.54, 1.807) is 4.68 Å². The molecule has 1 aliphatic heterocycles. The first-order valence-corrected chi connectivity index (χ1v) is 6.15. The van der Waals surface area contributed by atoms with Crippen molar-refractivity contribution in [3.63, 3.8) is 0 Å². The number of nitrogens with zero attached hydrogens (tertiary/aromatic N) is 2. The molecule has 1 atom stereocenters. The molecular weight excluding hydrogens is 242 g/mol. The molecule has 0 radical (unpaired) electrons. The number of fused-ring (bicyclic) bond motifs is 1. The van der Waals surface area contributed by atoms with Gasteiger partial charge in [0.05, 0.1) is 6.04 Å². The molecule has 19 heavy (non-hydrogen) atoms. The second-order valence-electron chi connectivity index (χ2n) is 4.57. The fourth-order valence-electron chi connectivity index (χ4n) is 2.35. The third-order valence-electron chi connectivity index (χ3n) is 3.27. The summed E-state index contributed by atoms with van der Waals surface area (Å²) in [5.41, 5.74) is 1.93. The molecule has 1 amide bonds. The fraction of sp³-hybridized carbons (Fsp3) is 0.214. The summed E-state index contributed by atoms with van der Waals surface area (Å²) in [5, 5.41) is 7.02. The van der Waals surface area contributed by atoms with Gasteiger partial charge in [0, 0.05) is 6.54 Å². The maximum Gasteiger partial charge on any atom is 0.269 e. The topological polar surface area (TPSA) is 64.0 Å². The molecule has 2 heterocycles. The lowest BCUT2D eigenvalue weighted by Crippen LogP contribution is -2.40. The van der Waals surface area contributed by atoms with Crippen molar-refractivity contribution >= 4 is 12.2 Å². The van der Waals surface area contributed by atoms with E-state index in [1.807, 2.05) is 30.3 Å². The maximum absolute atomic E-state index is 11.7. The van der Waals surface area contributed by atoms with E-state index in [1.165, 1.54) is 11.6 Å². The molecule has 96 valence electrons. The zero-order chi connectivity index (χ0) is 13.2. The highest BCUT2D eigenvalue weighted by molar-refractivity contribution is 5.94. The molecule has 0 saturated carbocycles. The van der Waals surface area contributed by atoms with Crippen LogP contribution in [0.3, 0.4) is 0 Å². The summed E-state index contributed by atoms with van der Waals surface area (Å²) in [7, 11) is 0. The van der Waals surface area contributed by atoms with Gasteiger partial charge in [-0.3, -0.25) is 14.3 Å². The van der Waals surface area contributed by atoms with Gasteiger partial charge in [-0.05, 0) is 18.1 Å². The van der Waals surface area contributed by atoms with Crippen LogP contribution in [-0.4, -0.2) is 28.5 Å². The highest BCUT2D eigenvalue weighted by atomic mass is 16.2. The number of carbonyl (C=O) groups is 2. The third-order valence-corrected chi connectivity index (χ3v) is 3.27. The number of hydrogen-bond donors (Lipinski definition) is 1. The third kappa shape index (κ3) is 2.14. The van der Waals surface area contributed by atoms with Crippen LogP contribution >= 0.6 is 0 Å². The number of benzene rings is 1. The molecule has 1 unspecified atom stereocenters. The van der Waals surface area contributed by atoms with Gasteiger partial charge in [-0.2, -0.15) is 5.10 Å². The average molecular weight is 255 g/mol. The van der Waals surface area contributed by atoms with E-state index in [0.717, 1.165) is 6.42 Å². The SMILES string of the molecule is O=Cc1cc2n(n1)C(Cc1ccccc1)CNC2=O. The van der Waals surface area contributed by atoms with Gasteiger partial charge in [-0.15, -0.1) is 0 Å². The summed E-state index contributed by atoms with van der Waals surface area (Å²) in [6, 6.07) is 11.6. The first-order valence-electron chi connectivity index (χ1n) is 6.15. The molecule has 1 aromatic carbocycles. The van der Waals surface area contributed by atoms with Gasteiger partial charge in [-0.25, -0.2) is 0 Å². The Morgan fingerprint density at radius 1 is 1.37 bits per heavy atom. The summed E-state index contributed by atoms with van der Waals surface area (Å²) in [5.74, 6) is -0.176. The molecule has 0 saturated heterocycles. The molecule has 0 spiro atoms. The number of rotatable bonds is 3. The van der Waals surface area contributed by atoms with Crippen LogP contribution in [0.25, 0.3) is 0 Å². The molecule has 2 aromatic rings. The highest BCUT2D eigenvalue weighted by Gasteiger charge is 2.26. The van der Waals surface area contributed by atoms with Crippen molar-refractivity contribution in [3.05, 3.63) is 53.3 Å². The fourth-order valence-corrected chi connectivity index (χ4v) is 2.35. The van der Waals surface area contributed by atoms with Crippen LogP contribution in [0.2, 0.25) is 0 Å². The number of hydrogen-bond acceptors (Lipinski definition) is 3.